The molecule has 3 atom stereocenters. The summed E-state index contributed by atoms with van der Waals surface area (Å²) in [5.74, 6) is 2.89. The Morgan fingerprint density at radius 1 is 1.11 bits per heavy atom. The van der Waals surface area contributed by atoms with Crippen molar-refractivity contribution in [1.29, 1.82) is 0 Å². The van der Waals surface area contributed by atoms with E-state index in [0.717, 1.165) is 36.6 Å². The second-order valence-electron chi connectivity index (χ2n) is 7.32. The smallest absolute Gasteiger partial charge is 0.127 e. The Bertz CT molecular complexity index is 857. The van der Waals surface area contributed by atoms with E-state index in [2.05, 4.69) is 59.2 Å². The van der Waals surface area contributed by atoms with Gasteiger partial charge in [-0.1, -0.05) is 43.7 Å². The van der Waals surface area contributed by atoms with Gasteiger partial charge in [0.05, 0.1) is 6.04 Å². The van der Waals surface area contributed by atoms with Crippen LogP contribution in [-0.2, 0) is 0 Å². The molecule has 3 aromatic rings. The molecule has 0 amide bonds. The van der Waals surface area contributed by atoms with Gasteiger partial charge in [-0.2, -0.15) is 0 Å². The Morgan fingerprint density at radius 2 is 1.85 bits per heavy atom. The lowest BCUT2D eigenvalue weighted by Gasteiger charge is -2.23. The number of aromatic nitrogens is 2. The van der Waals surface area contributed by atoms with E-state index in [1.165, 1.54) is 5.56 Å². The number of hydrogen-bond acceptors (Lipinski definition) is 3. The first-order chi connectivity index (χ1) is 13.2. The Labute approximate surface area is 161 Å². The van der Waals surface area contributed by atoms with Crippen molar-refractivity contribution in [2.45, 2.75) is 51.2 Å². The third-order valence-electron chi connectivity index (χ3n) is 5.30. The molecule has 1 aliphatic heterocycles. The maximum Gasteiger partial charge on any atom is 0.127 e. The van der Waals surface area contributed by atoms with Gasteiger partial charge in [0, 0.05) is 24.5 Å². The first-order valence-electron chi connectivity index (χ1n) is 9.86. The van der Waals surface area contributed by atoms with E-state index >= 15 is 0 Å². The molecule has 0 saturated heterocycles. The SMILES string of the molecule is CCCC(NC1CC(C)n2ccnc21)c1ccc(Oc2ccccc2)cc1. The third-order valence-corrected chi connectivity index (χ3v) is 5.30. The molecule has 3 unspecified atom stereocenters. The van der Waals surface area contributed by atoms with Gasteiger partial charge in [-0.15, -0.1) is 0 Å². The van der Waals surface area contributed by atoms with Crippen LogP contribution in [0.25, 0.3) is 0 Å². The molecule has 1 N–H and O–H groups in total. The highest BCUT2D eigenvalue weighted by Gasteiger charge is 2.30. The molecule has 1 aromatic heterocycles. The van der Waals surface area contributed by atoms with E-state index in [0.29, 0.717) is 18.1 Å². The van der Waals surface area contributed by atoms with Gasteiger partial charge in [0.25, 0.3) is 0 Å². The molecule has 2 aromatic carbocycles. The van der Waals surface area contributed by atoms with Crippen molar-refractivity contribution >= 4 is 0 Å². The number of benzene rings is 2. The van der Waals surface area contributed by atoms with Crippen LogP contribution in [0, 0.1) is 0 Å². The highest BCUT2D eigenvalue weighted by atomic mass is 16.5. The van der Waals surface area contributed by atoms with Crippen LogP contribution in [0.3, 0.4) is 0 Å². The van der Waals surface area contributed by atoms with E-state index < -0.39 is 0 Å². The van der Waals surface area contributed by atoms with Crippen molar-refractivity contribution in [1.82, 2.24) is 14.9 Å². The quantitative estimate of drug-likeness (QED) is 0.577. The fourth-order valence-electron chi connectivity index (χ4n) is 3.94. The normalized spacial score (nSPS) is 19.6. The van der Waals surface area contributed by atoms with Crippen LogP contribution in [0.15, 0.2) is 67.0 Å². The molecule has 140 valence electrons. The van der Waals surface area contributed by atoms with Crippen LogP contribution in [0.2, 0.25) is 0 Å². The van der Waals surface area contributed by atoms with Gasteiger partial charge in [0.2, 0.25) is 0 Å². The standard InChI is InChI=1S/C23H27N3O/c1-3-7-21(25-22-16-17(2)26-15-14-24-23(22)26)18-10-12-20(13-11-18)27-19-8-5-4-6-9-19/h4-6,8-15,17,21-22,25H,3,7,16H2,1-2H3. The van der Waals surface area contributed by atoms with Gasteiger partial charge in [-0.3, -0.25) is 0 Å². The monoisotopic (exact) mass is 361 g/mol. The molecular weight excluding hydrogens is 334 g/mol. The average Bonchev–Trinajstić information content (AvgIpc) is 3.28. The van der Waals surface area contributed by atoms with Crippen molar-refractivity contribution in [3.05, 3.63) is 78.4 Å². The van der Waals surface area contributed by atoms with Crippen LogP contribution < -0.4 is 10.1 Å². The van der Waals surface area contributed by atoms with E-state index in [-0.39, 0.29) is 0 Å². The number of imidazole rings is 1. The fraction of sp³-hybridized carbons (Fsp3) is 0.348. The fourth-order valence-corrected chi connectivity index (χ4v) is 3.94. The average molecular weight is 361 g/mol. The van der Waals surface area contributed by atoms with E-state index in [9.17, 15) is 0 Å². The Kier molecular flexibility index (Phi) is 5.26. The highest BCUT2D eigenvalue weighted by molar-refractivity contribution is 5.34. The lowest BCUT2D eigenvalue weighted by atomic mass is 10.00. The number of para-hydroxylation sites is 1. The summed E-state index contributed by atoms with van der Waals surface area (Å²) in [7, 11) is 0. The maximum atomic E-state index is 5.92. The molecule has 0 aliphatic carbocycles. The van der Waals surface area contributed by atoms with Crippen LogP contribution >= 0.6 is 0 Å². The van der Waals surface area contributed by atoms with Gasteiger partial charge in [-0.05, 0) is 49.6 Å². The zero-order valence-electron chi connectivity index (χ0n) is 16.0. The summed E-state index contributed by atoms with van der Waals surface area (Å²) < 4.78 is 8.21. The molecule has 27 heavy (non-hydrogen) atoms. The Balaban J connectivity index is 1.47. The minimum absolute atomic E-state index is 0.312. The highest BCUT2D eigenvalue weighted by Crippen LogP contribution is 2.35. The summed E-state index contributed by atoms with van der Waals surface area (Å²) in [5, 5.41) is 3.85. The molecule has 0 spiro atoms. The van der Waals surface area contributed by atoms with Crippen molar-refractivity contribution in [2.24, 2.45) is 0 Å². The van der Waals surface area contributed by atoms with Crippen LogP contribution in [0.4, 0.5) is 0 Å². The molecule has 0 radical (unpaired) electrons. The second kappa shape index (κ2) is 7.97. The number of fused-ring (bicyclic) bond motifs is 1. The number of nitrogens with one attached hydrogen (secondary N) is 1. The predicted octanol–water partition coefficient (Wildman–Crippen LogP) is 5.81. The Morgan fingerprint density at radius 3 is 2.59 bits per heavy atom. The van der Waals surface area contributed by atoms with Crippen LogP contribution in [0.1, 0.15) is 62.6 Å². The zero-order chi connectivity index (χ0) is 18.6. The minimum atomic E-state index is 0.312. The van der Waals surface area contributed by atoms with Crippen molar-refractivity contribution in [2.75, 3.05) is 0 Å². The topological polar surface area (TPSA) is 39.1 Å². The van der Waals surface area contributed by atoms with Crippen LogP contribution in [0.5, 0.6) is 11.5 Å². The summed E-state index contributed by atoms with van der Waals surface area (Å²) in [4.78, 5) is 4.58. The Hall–Kier alpha value is -2.59. The summed E-state index contributed by atoms with van der Waals surface area (Å²) in [5.41, 5.74) is 1.30. The first-order valence-corrected chi connectivity index (χ1v) is 9.86. The summed E-state index contributed by atoms with van der Waals surface area (Å²) in [6, 6.07) is 19.5. The molecule has 4 heteroatoms. The maximum absolute atomic E-state index is 5.92. The van der Waals surface area contributed by atoms with Gasteiger partial charge in [-0.25, -0.2) is 4.98 Å². The predicted molar refractivity (Wildman–Crippen MR) is 108 cm³/mol. The number of rotatable bonds is 7. The minimum Gasteiger partial charge on any atom is -0.457 e. The number of nitrogens with zero attached hydrogens (tertiary/aromatic N) is 2. The molecule has 0 fully saturated rings. The molecular formula is C23H27N3O. The third kappa shape index (κ3) is 3.91. The van der Waals surface area contributed by atoms with Gasteiger partial charge < -0.3 is 14.6 Å². The van der Waals surface area contributed by atoms with Crippen molar-refractivity contribution in [3.8, 4) is 11.5 Å². The van der Waals surface area contributed by atoms with Gasteiger partial charge in [0.15, 0.2) is 0 Å². The number of hydrogen-bond donors (Lipinski definition) is 1. The van der Waals surface area contributed by atoms with Crippen molar-refractivity contribution in [3.63, 3.8) is 0 Å². The summed E-state index contributed by atoms with van der Waals surface area (Å²) in [6.07, 6.45) is 7.33. The lowest BCUT2D eigenvalue weighted by Crippen LogP contribution is -2.25. The van der Waals surface area contributed by atoms with Crippen molar-refractivity contribution < 1.29 is 4.74 Å². The van der Waals surface area contributed by atoms with Gasteiger partial charge in [0.1, 0.15) is 17.3 Å². The molecule has 4 nitrogen and oxygen atoms in total. The zero-order valence-corrected chi connectivity index (χ0v) is 16.0. The van der Waals surface area contributed by atoms with Gasteiger partial charge >= 0.3 is 0 Å². The van der Waals surface area contributed by atoms with Crippen LogP contribution in [-0.4, -0.2) is 9.55 Å². The first kappa shape index (κ1) is 17.8. The molecule has 0 saturated carbocycles. The van der Waals surface area contributed by atoms with E-state index in [1.54, 1.807) is 0 Å². The van der Waals surface area contributed by atoms with E-state index in [1.807, 2.05) is 36.5 Å². The summed E-state index contributed by atoms with van der Waals surface area (Å²) in [6.45, 7) is 4.50. The molecule has 2 heterocycles. The largest absolute Gasteiger partial charge is 0.457 e. The molecule has 4 rings (SSSR count). The van der Waals surface area contributed by atoms with E-state index in [4.69, 9.17) is 4.74 Å². The lowest BCUT2D eigenvalue weighted by molar-refractivity contribution is 0.401. The molecule has 0 bridgehead atoms. The number of ether oxygens (including phenoxy) is 1. The summed E-state index contributed by atoms with van der Waals surface area (Å²) >= 11 is 0. The second-order valence-corrected chi connectivity index (χ2v) is 7.32. The molecule has 1 aliphatic rings.